The molecule has 1 atom stereocenters. The lowest BCUT2D eigenvalue weighted by Gasteiger charge is -2.15. The van der Waals surface area contributed by atoms with Crippen LogP contribution in [0.3, 0.4) is 0 Å². The van der Waals surface area contributed by atoms with Crippen molar-refractivity contribution in [3.63, 3.8) is 0 Å². The van der Waals surface area contributed by atoms with Gasteiger partial charge in [0.25, 0.3) is 5.91 Å². The highest BCUT2D eigenvalue weighted by atomic mass is 127. The molecule has 27 heavy (non-hydrogen) atoms. The Labute approximate surface area is 176 Å². The zero-order chi connectivity index (χ0) is 18.2. The number of aliphatic imine (C=N–C) groups is 1. The van der Waals surface area contributed by atoms with Crippen LogP contribution in [-0.4, -0.2) is 49.6 Å². The van der Waals surface area contributed by atoms with E-state index in [1.807, 2.05) is 18.2 Å². The number of fused-ring (bicyclic) bond motifs is 1. The van der Waals surface area contributed by atoms with Crippen LogP contribution >= 0.6 is 24.0 Å². The molecule has 1 aromatic heterocycles. The Morgan fingerprint density at radius 3 is 2.74 bits per heavy atom. The van der Waals surface area contributed by atoms with Crippen molar-refractivity contribution in [1.82, 2.24) is 20.9 Å². The topological polar surface area (TPSA) is 87.6 Å². The van der Waals surface area contributed by atoms with E-state index in [-0.39, 0.29) is 36.0 Å². The van der Waals surface area contributed by atoms with Crippen LogP contribution in [0, 0.1) is 0 Å². The number of para-hydroxylation sites is 1. The van der Waals surface area contributed by atoms with E-state index in [9.17, 15) is 4.79 Å². The van der Waals surface area contributed by atoms with Gasteiger partial charge in [0, 0.05) is 39.0 Å². The van der Waals surface area contributed by atoms with Crippen molar-refractivity contribution >= 4 is 35.8 Å². The molecule has 0 aliphatic carbocycles. The highest BCUT2D eigenvalue weighted by Crippen LogP contribution is 2.27. The van der Waals surface area contributed by atoms with Gasteiger partial charge >= 0.3 is 0 Å². The first-order valence-electron chi connectivity index (χ1n) is 8.63. The van der Waals surface area contributed by atoms with Gasteiger partial charge in [-0.25, -0.2) is 0 Å². The van der Waals surface area contributed by atoms with Crippen LogP contribution in [-0.2, 0) is 6.42 Å². The second-order valence-electron chi connectivity index (χ2n) is 5.93. The van der Waals surface area contributed by atoms with Gasteiger partial charge < -0.3 is 20.7 Å². The molecule has 1 aliphatic rings. The van der Waals surface area contributed by atoms with Crippen LogP contribution in [0.25, 0.3) is 0 Å². The van der Waals surface area contributed by atoms with Crippen molar-refractivity contribution in [3.05, 3.63) is 59.9 Å². The number of hydrogen-bond donors (Lipinski definition) is 3. The predicted octanol–water partition coefficient (Wildman–Crippen LogP) is 1.60. The third-order valence-corrected chi connectivity index (χ3v) is 4.06. The number of carbonyl (C=O) groups excluding carboxylic acids is 1. The molecule has 0 radical (unpaired) electrons. The summed E-state index contributed by atoms with van der Waals surface area (Å²) in [7, 11) is 1.72. The monoisotopic (exact) mass is 481 g/mol. The summed E-state index contributed by atoms with van der Waals surface area (Å²) in [6.45, 7) is 1.72. The van der Waals surface area contributed by atoms with E-state index < -0.39 is 0 Å². The molecule has 1 unspecified atom stereocenters. The smallest absolute Gasteiger partial charge is 0.252 e. The minimum absolute atomic E-state index is 0. The average molecular weight is 481 g/mol. The highest BCUT2D eigenvalue weighted by molar-refractivity contribution is 14.0. The third kappa shape index (κ3) is 6.09. The number of hydrogen-bond acceptors (Lipinski definition) is 4. The summed E-state index contributed by atoms with van der Waals surface area (Å²) in [4.78, 5) is 20.0. The number of guanidine groups is 1. The Morgan fingerprint density at radius 1 is 1.19 bits per heavy atom. The lowest BCUT2D eigenvalue weighted by Crippen LogP contribution is -2.44. The Balaban J connectivity index is 0.00000261. The number of nitrogens with one attached hydrogen (secondary N) is 3. The number of carbonyl (C=O) groups is 1. The number of pyridine rings is 1. The minimum atomic E-state index is -0.139. The molecule has 3 N–H and O–H groups in total. The molecule has 1 amide bonds. The Bertz CT molecular complexity index is 745. The molecule has 0 saturated carbocycles. The fourth-order valence-corrected chi connectivity index (χ4v) is 2.75. The molecule has 0 spiro atoms. The Morgan fingerprint density at radius 2 is 2.00 bits per heavy atom. The van der Waals surface area contributed by atoms with Gasteiger partial charge in [-0.15, -0.1) is 24.0 Å². The molecule has 8 heteroatoms. The lowest BCUT2D eigenvalue weighted by molar-refractivity contribution is 0.0954. The lowest BCUT2D eigenvalue weighted by atomic mass is 10.1. The molecular formula is C19H24IN5O2. The van der Waals surface area contributed by atoms with Crippen LogP contribution in [0.15, 0.2) is 53.8 Å². The zero-order valence-electron chi connectivity index (χ0n) is 15.1. The predicted molar refractivity (Wildman–Crippen MR) is 116 cm³/mol. The quantitative estimate of drug-likeness (QED) is 0.253. The highest BCUT2D eigenvalue weighted by Gasteiger charge is 2.22. The standard InChI is InChI=1S/C19H23N5O2.HI/c1-20-19(23-10-9-22-18(25)15-6-4-8-21-12-15)24-13-16-11-14-5-2-3-7-17(14)26-16;/h2-8,12,16H,9-11,13H2,1H3,(H,22,25)(H2,20,23,24);1H. The first kappa shape index (κ1) is 20.9. The number of benzene rings is 1. The maximum Gasteiger partial charge on any atom is 0.252 e. The van der Waals surface area contributed by atoms with Crippen molar-refractivity contribution in [3.8, 4) is 5.75 Å². The molecule has 0 bridgehead atoms. The van der Waals surface area contributed by atoms with Gasteiger partial charge in [-0.05, 0) is 23.8 Å². The van der Waals surface area contributed by atoms with E-state index in [1.165, 1.54) is 5.56 Å². The van der Waals surface area contributed by atoms with Crippen LogP contribution in [0.4, 0.5) is 0 Å². The number of rotatable bonds is 6. The van der Waals surface area contributed by atoms with Crippen LogP contribution in [0.5, 0.6) is 5.75 Å². The second kappa shape index (κ2) is 10.7. The number of ether oxygens (including phenoxy) is 1. The van der Waals surface area contributed by atoms with E-state index in [0.717, 1.165) is 12.2 Å². The van der Waals surface area contributed by atoms with E-state index in [0.29, 0.717) is 31.2 Å². The SMILES string of the molecule is CN=C(NCCNC(=O)c1cccnc1)NCC1Cc2ccccc2O1.I. The molecule has 2 aromatic rings. The first-order valence-corrected chi connectivity index (χ1v) is 8.63. The molecule has 7 nitrogen and oxygen atoms in total. The van der Waals surface area contributed by atoms with Gasteiger partial charge in [0.15, 0.2) is 5.96 Å². The molecule has 0 fully saturated rings. The third-order valence-electron chi connectivity index (χ3n) is 4.06. The Hall–Kier alpha value is -2.36. The summed E-state index contributed by atoms with van der Waals surface area (Å²) >= 11 is 0. The summed E-state index contributed by atoms with van der Waals surface area (Å²) in [6, 6.07) is 11.6. The van der Waals surface area contributed by atoms with E-state index in [4.69, 9.17) is 4.74 Å². The number of amides is 1. The summed E-state index contributed by atoms with van der Waals surface area (Å²) in [6.07, 6.45) is 4.17. The molecular weight excluding hydrogens is 457 g/mol. The van der Waals surface area contributed by atoms with Crippen molar-refractivity contribution in [2.24, 2.45) is 4.99 Å². The fourth-order valence-electron chi connectivity index (χ4n) is 2.75. The van der Waals surface area contributed by atoms with Crippen LogP contribution in [0.2, 0.25) is 0 Å². The van der Waals surface area contributed by atoms with Crippen molar-refractivity contribution in [2.45, 2.75) is 12.5 Å². The maximum absolute atomic E-state index is 11.9. The largest absolute Gasteiger partial charge is 0.488 e. The summed E-state index contributed by atoms with van der Waals surface area (Å²) in [5, 5.41) is 9.27. The number of aromatic nitrogens is 1. The average Bonchev–Trinajstić information content (AvgIpc) is 3.11. The molecule has 1 aliphatic heterocycles. The van der Waals surface area contributed by atoms with E-state index in [1.54, 1.807) is 31.6 Å². The van der Waals surface area contributed by atoms with Gasteiger partial charge in [-0.2, -0.15) is 0 Å². The minimum Gasteiger partial charge on any atom is -0.488 e. The van der Waals surface area contributed by atoms with Gasteiger partial charge in [-0.3, -0.25) is 14.8 Å². The second-order valence-corrected chi connectivity index (χ2v) is 5.93. The molecule has 1 aromatic carbocycles. The zero-order valence-corrected chi connectivity index (χ0v) is 17.5. The van der Waals surface area contributed by atoms with E-state index >= 15 is 0 Å². The maximum atomic E-state index is 11.9. The molecule has 0 saturated heterocycles. The summed E-state index contributed by atoms with van der Waals surface area (Å²) < 4.78 is 5.90. The molecule has 3 rings (SSSR count). The molecule has 144 valence electrons. The van der Waals surface area contributed by atoms with Gasteiger partial charge in [0.2, 0.25) is 0 Å². The van der Waals surface area contributed by atoms with Crippen molar-refractivity contribution in [2.75, 3.05) is 26.7 Å². The van der Waals surface area contributed by atoms with Crippen molar-refractivity contribution in [1.29, 1.82) is 0 Å². The Kier molecular flexibility index (Phi) is 8.31. The van der Waals surface area contributed by atoms with Crippen LogP contribution in [0.1, 0.15) is 15.9 Å². The van der Waals surface area contributed by atoms with Gasteiger partial charge in [0.05, 0.1) is 12.1 Å². The number of nitrogens with zero attached hydrogens (tertiary/aromatic N) is 2. The first-order chi connectivity index (χ1) is 12.8. The fraction of sp³-hybridized carbons (Fsp3) is 0.316. The molecule has 2 heterocycles. The van der Waals surface area contributed by atoms with Gasteiger partial charge in [0.1, 0.15) is 11.9 Å². The van der Waals surface area contributed by atoms with Crippen molar-refractivity contribution < 1.29 is 9.53 Å². The normalized spacial score (nSPS) is 15.1. The summed E-state index contributed by atoms with van der Waals surface area (Å²) in [5.74, 6) is 1.50. The van der Waals surface area contributed by atoms with E-state index in [2.05, 4.69) is 32.0 Å². The number of halogens is 1. The van der Waals surface area contributed by atoms with Gasteiger partial charge in [-0.1, -0.05) is 18.2 Å². The van der Waals surface area contributed by atoms with Crippen LogP contribution < -0.4 is 20.7 Å². The summed E-state index contributed by atoms with van der Waals surface area (Å²) in [5.41, 5.74) is 1.79.